The highest BCUT2D eigenvalue weighted by atomic mass is 16.5. The fourth-order valence-corrected chi connectivity index (χ4v) is 2.51. The quantitative estimate of drug-likeness (QED) is 0.660. The number of nitrogens with zero attached hydrogens (tertiary/aromatic N) is 2. The van der Waals surface area contributed by atoms with E-state index < -0.39 is 6.10 Å². The van der Waals surface area contributed by atoms with Crippen molar-refractivity contribution in [3.8, 4) is 11.9 Å². The third-order valence-electron chi connectivity index (χ3n) is 3.74. The van der Waals surface area contributed by atoms with E-state index in [2.05, 4.69) is 15.3 Å². The summed E-state index contributed by atoms with van der Waals surface area (Å²) in [6.07, 6.45) is 4.62. The summed E-state index contributed by atoms with van der Waals surface area (Å²) >= 11 is 0. The molecular formula is C15H25N3O4. The van der Waals surface area contributed by atoms with Gasteiger partial charge >= 0.3 is 6.01 Å². The zero-order valence-electron chi connectivity index (χ0n) is 13.2. The number of nitrogens with one attached hydrogen (secondary N) is 1. The number of aliphatic hydroxyl groups excluding tert-OH is 1. The van der Waals surface area contributed by atoms with E-state index in [-0.39, 0.29) is 6.01 Å². The summed E-state index contributed by atoms with van der Waals surface area (Å²) in [4.78, 5) is 8.08. The third-order valence-corrected chi connectivity index (χ3v) is 3.74. The van der Waals surface area contributed by atoms with Gasteiger partial charge in [0.2, 0.25) is 5.88 Å². The minimum absolute atomic E-state index is 0.222. The van der Waals surface area contributed by atoms with Gasteiger partial charge in [0.05, 0.1) is 32.5 Å². The van der Waals surface area contributed by atoms with Crippen LogP contribution < -0.4 is 14.8 Å². The molecule has 1 fully saturated rings. The van der Waals surface area contributed by atoms with Crippen molar-refractivity contribution in [3.63, 3.8) is 0 Å². The summed E-state index contributed by atoms with van der Waals surface area (Å²) in [5.74, 6) is 0.343. The first-order chi connectivity index (χ1) is 10.7. The Morgan fingerprint density at radius 2 is 2.27 bits per heavy atom. The molecule has 0 amide bonds. The molecule has 0 bridgehead atoms. The lowest BCUT2D eigenvalue weighted by atomic mass is 10.1. The molecule has 0 aliphatic carbocycles. The number of rotatable bonds is 9. The van der Waals surface area contributed by atoms with Crippen LogP contribution in [0.15, 0.2) is 6.20 Å². The predicted molar refractivity (Wildman–Crippen MR) is 81.2 cm³/mol. The smallest absolute Gasteiger partial charge is 0.319 e. The fraction of sp³-hybridized carbons (Fsp3) is 0.733. The number of aliphatic hydroxyl groups is 1. The molecule has 1 aliphatic heterocycles. The molecule has 124 valence electrons. The lowest BCUT2D eigenvalue weighted by molar-refractivity contribution is 0.0940. The van der Waals surface area contributed by atoms with Crippen LogP contribution in [0, 0.1) is 0 Å². The maximum atomic E-state index is 10.2. The topological polar surface area (TPSA) is 85.7 Å². The first kappa shape index (κ1) is 16.9. The molecule has 0 aromatic carbocycles. The molecule has 22 heavy (non-hydrogen) atoms. The normalized spacial score (nSPS) is 19.1. The number of ether oxygens (including phenoxy) is 3. The van der Waals surface area contributed by atoms with Crippen LogP contribution >= 0.6 is 0 Å². The first-order valence-corrected chi connectivity index (χ1v) is 7.68. The van der Waals surface area contributed by atoms with Crippen LogP contribution in [0.4, 0.5) is 0 Å². The molecular weight excluding hydrogens is 286 g/mol. The molecule has 2 rings (SSSR count). The maximum absolute atomic E-state index is 10.2. The average molecular weight is 311 g/mol. The Hall–Kier alpha value is -1.44. The molecule has 2 atom stereocenters. The zero-order chi connectivity index (χ0) is 15.8. The van der Waals surface area contributed by atoms with Gasteiger partial charge in [-0.15, -0.1) is 0 Å². The summed E-state index contributed by atoms with van der Waals surface area (Å²) in [7, 11) is 3.00. The number of aromatic nitrogens is 2. The van der Waals surface area contributed by atoms with Gasteiger partial charge in [0, 0.05) is 18.8 Å². The van der Waals surface area contributed by atoms with Crippen molar-refractivity contribution in [1.82, 2.24) is 15.3 Å². The van der Waals surface area contributed by atoms with E-state index in [0.717, 1.165) is 19.6 Å². The average Bonchev–Trinajstić information content (AvgIpc) is 3.07. The van der Waals surface area contributed by atoms with Gasteiger partial charge in [0.15, 0.2) is 0 Å². The minimum Gasteiger partial charge on any atom is -0.481 e. The number of methoxy groups -OCH3 is 2. The second-order valence-electron chi connectivity index (χ2n) is 5.35. The Labute approximate surface area is 131 Å². The highest BCUT2D eigenvalue weighted by molar-refractivity contribution is 5.27. The van der Waals surface area contributed by atoms with Crippen LogP contribution in [0.3, 0.4) is 0 Å². The van der Waals surface area contributed by atoms with Gasteiger partial charge in [-0.2, -0.15) is 4.98 Å². The van der Waals surface area contributed by atoms with Crippen LogP contribution in [0.2, 0.25) is 0 Å². The van der Waals surface area contributed by atoms with Gasteiger partial charge in [-0.3, -0.25) is 0 Å². The molecule has 1 aromatic rings. The van der Waals surface area contributed by atoms with Crippen molar-refractivity contribution < 1.29 is 19.3 Å². The Morgan fingerprint density at radius 1 is 1.41 bits per heavy atom. The predicted octanol–water partition coefficient (Wildman–Crippen LogP) is 1.08. The molecule has 1 saturated heterocycles. The van der Waals surface area contributed by atoms with Gasteiger partial charge in [-0.05, 0) is 32.2 Å². The Bertz CT molecular complexity index is 452. The van der Waals surface area contributed by atoms with Crippen LogP contribution in [0.25, 0.3) is 0 Å². The van der Waals surface area contributed by atoms with Crippen molar-refractivity contribution in [2.24, 2.45) is 0 Å². The Balaban J connectivity index is 1.73. The largest absolute Gasteiger partial charge is 0.481 e. The number of hydrogen-bond donors (Lipinski definition) is 2. The second kappa shape index (κ2) is 8.87. The SMILES string of the molecule is COc1ncc(C(O)CCCOCC2CCCN2)c(OC)n1. The molecule has 2 N–H and O–H groups in total. The highest BCUT2D eigenvalue weighted by Gasteiger charge is 2.17. The summed E-state index contributed by atoms with van der Waals surface area (Å²) in [5.41, 5.74) is 0.570. The van der Waals surface area contributed by atoms with E-state index >= 15 is 0 Å². The van der Waals surface area contributed by atoms with Crippen LogP contribution in [-0.2, 0) is 4.74 Å². The van der Waals surface area contributed by atoms with Crippen molar-refractivity contribution in [2.45, 2.75) is 37.8 Å². The first-order valence-electron chi connectivity index (χ1n) is 7.68. The summed E-state index contributed by atoms with van der Waals surface area (Å²) in [6, 6.07) is 0.709. The second-order valence-corrected chi connectivity index (χ2v) is 5.35. The van der Waals surface area contributed by atoms with Crippen LogP contribution in [0.1, 0.15) is 37.4 Å². The molecule has 7 nitrogen and oxygen atoms in total. The molecule has 2 unspecified atom stereocenters. The standard InChI is InChI=1S/C15H25N3O4/c1-20-14-12(9-17-15(18-14)21-2)13(19)6-4-8-22-10-11-5-3-7-16-11/h9,11,13,16,19H,3-8,10H2,1-2H3. The molecule has 0 spiro atoms. The summed E-state index contributed by atoms with van der Waals surface area (Å²) in [6.45, 7) is 2.46. The summed E-state index contributed by atoms with van der Waals surface area (Å²) < 4.78 is 15.8. The molecule has 1 aromatic heterocycles. The van der Waals surface area contributed by atoms with Crippen LogP contribution in [0.5, 0.6) is 11.9 Å². The van der Waals surface area contributed by atoms with Crippen LogP contribution in [-0.4, -0.2) is 55.1 Å². The van der Waals surface area contributed by atoms with E-state index in [1.807, 2.05) is 0 Å². The van der Waals surface area contributed by atoms with E-state index in [9.17, 15) is 5.11 Å². The molecule has 2 heterocycles. The Kier molecular flexibility index (Phi) is 6.82. The fourth-order valence-electron chi connectivity index (χ4n) is 2.51. The van der Waals surface area contributed by atoms with Crippen molar-refractivity contribution in [3.05, 3.63) is 11.8 Å². The zero-order valence-corrected chi connectivity index (χ0v) is 13.2. The third kappa shape index (κ3) is 4.79. The van der Waals surface area contributed by atoms with Crippen molar-refractivity contribution >= 4 is 0 Å². The number of hydrogen-bond acceptors (Lipinski definition) is 7. The van der Waals surface area contributed by atoms with Crippen molar-refractivity contribution in [1.29, 1.82) is 0 Å². The van der Waals surface area contributed by atoms with E-state index in [4.69, 9.17) is 14.2 Å². The van der Waals surface area contributed by atoms with Crippen molar-refractivity contribution in [2.75, 3.05) is 34.0 Å². The van der Waals surface area contributed by atoms with E-state index in [0.29, 0.717) is 30.5 Å². The van der Waals surface area contributed by atoms with Gasteiger partial charge in [-0.25, -0.2) is 4.98 Å². The van der Waals surface area contributed by atoms with E-state index in [1.54, 1.807) is 6.20 Å². The minimum atomic E-state index is -0.672. The monoisotopic (exact) mass is 311 g/mol. The lowest BCUT2D eigenvalue weighted by Crippen LogP contribution is -2.26. The molecule has 7 heteroatoms. The van der Waals surface area contributed by atoms with Gasteiger partial charge in [0.25, 0.3) is 0 Å². The molecule has 0 radical (unpaired) electrons. The molecule has 0 saturated carbocycles. The van der Waals surface area contributed by atoms with Gasteiger partial charge < -0.3 is 24.6 Å². The van der Waals surface area contributed by atoms with Gasteiger partial charge in [-0.1, -0.05) is 0 Å². The Morgan fingerprint density at radius 3 is 2.95 bits per heavy atom. The molecule has 1 aliphatic rings. The van der Waals surface area contributed by atoms with E-state index in [1.165, 1.54) is 27.1 Å². The highest BCUT2D eigenvalue weighted by Crippen LogP contribution is 2.26. The summed E-state index contributed by atoms with van der Waals surface area (Å²) in [5, 5.41) is 13.6. The lowest BCUT2D eigenvalue weighted by Gasteiger charge is -2.15. The van der Waals surface area contributed by atoms with Gasteiger partial charge in [0.1, 0.15) is 0 Å². The maximum Gasteiger partial charge on any atom is 0.319 e.